The Kier molecular flexibility index (Phi) is 9.93. The second-order valence-electron chi connectivity index (χ2n) is 16.6. The molecule has 9 rings (SSSR count). The molecule has 5 aromatic rings. The van der Waals surface area contributed by atoms with Gasteiger partial charge >= 0.3 is 6.03 Å². The fraction of sp³-hybridized carbons (Fsp3) is 0.455. The van der Waals surface area contributed by atoms with Crippen molar-refractivity contribution in [2.75, 3.05) is 60.5 Å². The van der Waals surface area contributed by atoms with E-state index in [1.165, 1.54) is 22.6 Å². The number of aryl methyl sites for hydroxylation is 4. The van der Waals surface area contributed by atoms with Gasteiger partial charge in [0.05, 0.1) is 22.4 Å². The number of urea groups is 1. The molecule has 3 fully saturated rings. The predicted molar refractivity (Wildman–Crippen MR) is 220 cm³/mol. The molecule has 58 heavy (non-hydrogen) atoms. The number of aromatic nitrogens is 3. The highest BCUT2D eigenvalue weighted by molar-refractivity contribution is 6.09. The van der Waals surface area contributed by atoms with Crippen LogP contribution in [-0.4, -0.2) is 77.0 Å². The molecule has 4 aliphatic heterocycles. The Morgan fingerprint density at radius 2 is 1.57 bits per heavy atom. The molecule has 3 amide bonds. The number of imide groups is 1. The van der Waals surface area contributed by atoms with Crippen LogP contribution in [0.25, 0.3) is 21.8 Å². The summed E-state index contributed by atoms with van der Waals surface area (Å²) in [7, 11) is 3.60. The third-order valence-electron chi connectivity index (χ3n) is 13.0. The first kappa shape index (κ1) is 38.2. The van der Waals surface area contributed by atoms with Gasteiger partial charge in [-0.1, -0.05) is 12.1 Å². The molecule has 14 heteroatoms. The fourth-order valence-corrected chi connectivity index (χ4v) is 9.78. The maximum Gasteiger partial charge on any atom is 0.329 e. The molecule has 0 unspecified atom stereocenters. The first-order valence-electron chi connectivity index (χ1n) is 20.5. The summed E-state index contributed by atoms with van der Waals surface area (Å²) < 4.78 is 46.9. The number of rotatable bonds is 7. The molecular weight excluding hydrogens is 746 g/mol. The summed E-state index contributed by atoms with van der Waals surface area (Å²) in [6, 6.07) is 14.1. The summed E-state index contributed by atoms with van der Waals surface area (Å²) in [6.45, 7) is 7.10. The fourth-order valence-electron chi connectivity index (χ4n) is 9.78. The van der Waals surface area contributed by atoms with Crippen LogP contribution in [0.1, 0.15) is 73.1 Å². The van der Waals surface area contributed by atoms with E-state index in [9.17, 15) is 23.2 Å². The molecule has 1 N–H and O–H groups in total. The van der Waals surface area contributed by atoms with Gasteiger partial charge in [0.1, 0.15) is 5.82 Å². The highest BCUT2D eigenvalue weighted by atomic mass is 19.3. The minimum Gasteiger partial charge on any atom is -0.369 e. The van der Waals surface area contributed by atoms with Crippen molar-refractivity contribution in [3.8, 4) is 0 Å². The minimum absolute atomic E-state index is 0.0201. The maximum atomic E-state index is 15.7. The van der Waals surface area contributed by atoms with Crippen LogP contribution in [-0.2, 0) is 25.3 Å². The second-order valence-corrected chi connectivity index (χ2v) is 16.6. The van der Waals surface area contributed by atoms with Crippen LogP contribution in [0.5, 0.6) is 0 Å². The molecule has 6 heterocycles. The average Bonchev–Trinajstić information content (AvgIpc) is 3.53. The van der Waals surface area contributed by atoms with Crippen molar-refractivity contribution in [2.24, 2.45) is 20.0 Å². The van der Waals surface area contributed by atoms with E-state index in [4.69, 9.17) is 0 Å². The number of pyridine rings is 1. The Morgan fingerprint density at radius 3 is 2.31 bits per heavy atom. The van der Waals surface area contributed by atoms with Gasteiger partial charge in [0.2, 0.25) is 5.91 Å². The Bertz CT molecular complexity index is 2500. The largest absolute Gasteiger partial charge is 0.369 e. The molecule has 3 aromatic carbocycles. The minimum atomic E-state index is -2.55. The number of hydrogen-bond acceptors (Lipinski definition) is 7. The molecular formula is C44H49F3N8O3. The molecule has 4 aliphatic rings. The molecule has 0 saturated carbocycles. The van der Waals surface area contributed by atoms with Gasteiger partial charge in [0, 0.05) is 80.8 Å². The number of alkyl halides is 2. The first-order valence-corrected chi connectivity index (χ1v) is 20.5. The number of piperidine rings is 2. The number of hydrogen-bond donors (Lipinski definition) is 1. The topological polar surface area (TPSA) is 99.0 Å². The van der Waals surface area contributed by atoms with E-state index in [-0.39, 0.29) is 35.8 Å². The zero-order valence-electron chi connectivity index (χ0n) is 33.2. The Balaban J connectivity index is 0.880. The summed E-state index contributed by atoms with van der Waals surface area (Å²) in [5.74, 6) is 0.442. The zero-order valence-corrected chi connectivity index (χ0v) is 33.2. The van der Waals surface area contributed by atoms with E-state index in [2.05, 4.69) is 37.2 Å². The normalized spacial score (nSPS) is 18.8. The number of halogens is 3. The number of carbonyl (C=O) groups excluding carboxylic acids is 2. The van der Waals surface area contributed by atoms with E-state index in [0.29, 0.717) is 40.8 Å². The van der Waals surface area contributed by atoms with E-state index >= 15 is 4.39 Å². The van der Waals surface area contributed by atoms with Gasteiger partial charge < -0.3 is 19.3 Å². The van der Waals surface area contributed by atoms with Crippen LogP contribution in [0.4, 0.5) is 40.8 Å². The Morgan fingerprint density at radius 1 is 0.793 bits per heavy atom. The predicted octanol–water partition coefficient (Wildman–Crippen LogP) is 7.44. The number of nitrogens with zero attached hydrogens (tertiary/aromatic N) is 7. The van der Waals surface area contributed by atoms with Crippen LogP contribution in [0.3, 0.4) is 0 Å². The van der Waals surface area contributed by atoms with Crippen molar-refractivity contribution < 1.29 is 22.8 Å². The molecule has 2 aromatic heterocycles. The van der Waals surface area contributed by atoms with Gasteiger partial charge in [0.25, 0.3) is 12.0 Å². The Hall–Kier alpha value is -5.37. The number of fused-ring (bicyclic) bond motifs is 3. The zero-order chi connectivity index (χ0) is 40.4. The third kappa shape index (κ3) is 6.88. The lowest BCUT2D eigenvalue weighted by Gasteiger charge is -2.39. The molecule has 0 bridgehead atoms. The van der Waals surface area contributed by atoms with Crippen molar-refractivity contribution in [1.29, 1.82) is 0 Å². The van der Waals surface area contributed by atoms with Gasteiger partial charge in [0.15, 0.2) is 5.82 Å². The van der Waals surface area contributed by atoms with Crippen LogP contribution in [0, 0.1) is 18.7 Å². The lowest BCUT2D eigenvalue weighted by atomic mass is 9.86. The van der Waals surface area contributed by atoms with Crippen LogP contribution in [0.15, 0.2) is 53.3 Å². The number of nitrogens with one attached hydrogen (secondary N) is 1. The van der Waals surface area contributed by atoms with Gasteiger partial charge in [-0.2, -0.15) is 5.10 Å². The van der Waals surface area contributed by atoms with E-state index in [0.717, 1.165) is 105 Å². The molecule has 304 valence electrons. The van der Waals surface area contributed by atoms with Crippen molar-refractivity contribution in [3.05, 3.63) is 87.0 Å². The molecule has 0 radical (unpaired) electrons. The average molecular weight is 795 g/mol. The molecule has 0 spiro atoms. The summed E-state index contributed by atoms with van der Waals surface area (Å²) in [5.41, 5.74) is 6.80. The summed E-state index contributed by atoms with van der Waals surface area (Å²) in [5, 5.41) is 8.33. The van der Waals surface area contributed by atoms with Gasteiger partial charge in [-0.25, -0.2) is 18.0 Å². The van der Waals surface area contributed by atoms with Crippen molar-refractivity contribution in [1.82, 2.24) is 24.6 Å². The Labute approximate surface area is 335 Å². The number of anilines is 4. The number of amides is 3. The number of benzene rings is 3. The van der Waals surface area contributed by atoms with Gasteiger partial charge in [-0.3, -0.25) is 24.5 Å². The number of carbonyl (C=O) groups is 2. The van der Waals surface area contributed by atoms with Crippen LogP contribution >= 0.6 is 0 Å². The standard InChI is InChI=1S/C44H49F3N8O3/c1-26-19-32-36(50(2)43(26)57)21-31(22-38(32)54-13-4-5-29-6-7-30(41(46)47)20-35(29)54)28-10-14-52(15-11-28)25-27-8-16-53(17-9-27)39-24-37-33(23-34(39)45)42(49-51(37)3)55-18-12-40(56)48-44(55)58/h6-7,19-24,27-28,41H,4-5,8-18,25H2,1-3H3,(H,48,56,58). The van der Waals surface area contributed by atoms with Crippen molar-refractivity contribution >= 4 is 56.6 Å². The van der Waals surface area contributed by atoms with E-state index in [1.54, 1.807) is 22.4 Å². The number of likely N-dealkylation sites (tertiary alicyclic amines) is 1. The quantitative estimate of drug-likeness (QED) is 0.183. The lowest BCUT2D eigenvalue weighted by molar-refractivity contribution is -0.120. The maximum absolute atomic E-state index is 15.7. The SMILES string of the molecule is Cc1cc2c(N3CCCc4ccc(C(F)F)cc43)cc(C3CCN(CC4CCN(c5cc6c(cc5F)c(N5CCC(=O)NC5=O)nn6C)CC4)CC3)cc2n(C)c1=O. The van der Waals surface area contributed by atoms with Gasteiger partial charge in [-0.05, 0) is 118 Å². The highest BCUT2D eigenvalue weighted by Gasteiger charge is 2.31. The van der Waals surface area contributed by atoms with E-state index < -0.39 is 12.5 Å². The van der Waals surface area contributed by atoms with Crippen molar-refractivity contribution in [2.45, 2.75) is 64.2 Å². The molecule has 0 atom stereocenters. The van der Waals surface area contributed by atoms with Gasteiger partial charge in [-0.15, -0.1) is 0 Å². The monoisotopic (exact) mass is 794 g/mol. The summed E-state index contributed by atoms with van der Waals surface area (Å²) in [4.78, 5) is 45.6. The third-order valence-corrected chi connectivity index (χ3v) is 13.0. The molecule has 11 nitrogen and oxygen atoms in total. The smallest absolute Gasteiger partial charge is 0.329 e. The summed E-state index contributed by atoms with van der Waals surface area (Å²) >= 11 is 0. The second kappa shape index (κ2) is 15.1. The van der Waals surface area contributed by atoms with Crippen LogP contribution in [0.2, 0.25) is 0 Å². The highest BCUT2D eigenvalue weighted by Crippen LogP contribution is 2.42. The van der Waals surface area contributed by atoms with E-state index in [1.807, 2.05) is 32.2 Å². The molecule has 0 aliphatic carbocycles. The van der Waals surface area contributed by atoms with Crippen molar-refractivity contribution in [3.63, 3.8) is 0 Å². The first-order chi connectivity index (χ1) is 27.9. The summed E-state index contributed by atoms with van der Waals surface area (Å²) in [6.07, 6.45) is 3.21. The van der Waals surface area contributed by atoms with Crippen LogP contribution < -0.4 is 25.6 Å². The molecule has 3 saturated heterocycles. The lowest BCUT2D eigenvalue weighted by Crippen LogP contribution is -2.49.